The molecule has 0 fully saturated rings. The van der Waals surface area contributed by atoms with Crippen LogP contribution in [0.1, 0.15) is 20.3 Å². The van der Waals surface area contributed by atoms with Crippen LogP contribution in [-0.4, -0.2) is 23.9 Å². The van der Waals surface area contributed by atoms with Gasteiger partial charge in [0.05, 0.1) is 5.25 Å². The van der Waals surface area contributed by atoms with Gasteiger partial charge in [0, 0.05) is 0 Å². The molecule has 16 heavy (non-hydrogen) atoms. The fourth-order valence-corrected chi connectivity index (χ4v) is 4.47. The lowest BCUT2D eigenvalue weighted by molar-refractivity contribution is -0.0875. The third-order valence-electron chi connectivity index (χ3n) is 2.08. The molecule has 0 aliphatic carbocycles. The van der Waals surface area contributed by atoms with E-state index >= 15 is 0 Å². The van der Waals surface area contributed by atoms with E-state index in [1.807, 2.05) is 0 Å². The molecule has 1 aromatic heterocycles. The minimum absolute atomic E-state index is 0.233. The summed E-state index contributed by atoms with van der Waals surface area (Å²) in [5, 5.41) is 5.30. The molecule has 1 aromatic rings. The zero-order valence-corrected chi connectivity index (χ0v) is 10.2. The lowest BCUT2D eigenvalue weighted by atomic mass is 10.4. The smallest absolute Gasteiger partial charge is 0.217 e. The average molecular weight is 275 g/mol. The molecule has 0 aliphatic rings. The van der Waals surface area contributed by atoms with Gasteiger partial charge in [-0.05, 0) is 13.3 Å². The van der Waals surface area contributed by atoms with Crippen LogP contribution < -0.4 is 0 Å². The number of nitrogens with zero attached hydrogens (tertiary/aromatic N) is 2. The van der Waals surface area contributed by atoms with E-state index in [2.05, 4.69) is 10.2 Å². The Morgan fingerprint density at radius 3 is 2.50 bits per heavy atom. The van der Waals surface area contributed by atoms with Crippen molar-refractivity contribution in [1.29, 1.82) is 0 Å². The quantitative estimate of drug-likeness (QED) is 0.794. The number of hydrogen-bond acceptors (Lipinski definition) is 4. The summed E-state index contributed by atoms with van der Waals surface area (Å²) in [7, 11) is -6.51. The standard InChI is InChI=1S/C7H10F3N2O2S2/c1-3-5(2)16(13,14)6-12-11-4-15(6)7(8,9)10/h4-5H,3H2,1-2H3/q+1. The Morgan fingerprint density at radius 2 is 2.06 bits per heavy atom. The van der Waals surface area contributed by atoms with Crippen LogP contribution in [0, 0.1) is 0 Å². The van der Waals surface area contributed by atoms with E-state index in [1.165, 1.54) is 6.92 Å². The monoisotopic (exact) mass is 275 g/mol. The van der Waals surface area contributed by atoms with E-state index < -0.39 is 35.4 Å². The van der Waals surface area contributed by atoms with Gasteiger partial charge < -0.3 is 0 Å². The Labute approximate surface area is 93.4 Å². The van der Waals surface area contributed by atoms with E-state index in [0.29, 0.717) is 5.51 Å². The van der Waals surface area contributed by atoms with Gasteiger partial charge in [0.15, 0.2) is 0 Å². The van der Waals surface area contributed by atoms with Crippen LogP contribution in [0.2, 0.25) is 0 Å². The third kappa shape index (κ3) is 2.34. The van der Waals surface area contributed by atoms with Gasteiger partial charge in [-0.2, -0.15) is 0 Å². The Kier molecular flexibility index (Phi) is 3.58. The average Bonchev–Trinajstić information content (AvgIpc) is 2.64. The van der Waals surface area contributed by atoms with Crippen molar-refractivity contribution in [2.45, 2.75) is 35.4 Å². The predicted molar refractivity (Wildman–Crippen MR) is 52.7 cm³/mol. The van der Waals surface area contributed by atoms with Crippen LogP contribution in [0.5, 0.6) is 0 Å². The Balaban J connectivity index is 3.31. The number of halogens is 3. The molecule has 0 aromatic carbocycles. The van der Waals surface area contributed by atoms with Crippen LogP contribution in [0.4, 0.5) is 13.2 Å². The first kappa shape index (κ1) is 13.4. The molecule has 92 valence electrons. The van der Waals surface area contributed by atoms with Crippen LogP contribution >= 0.6 is 10.5 Å². The first-order chi connectivity index (χ1) is 7.21. The molecular formula is C7H10F3N2O2S2+. The SMILES string of the molecule is CCC(C)S(=O)(=O)c1nnc[s+]1C(F)(F)F. The number of rotatable bonds is 3. The minimum Gasteiger partial charge on any atom is -0.217 e. The van der Waals surface area contributed by atoms with Crippen molar-refractivity contribution in [1.82, 2.24) is 10.2 Å². The van der Waals surface area contributed by atoms with E-state index in [-0.39, 0.29) is 6.42 Å². The lowest BCUT2D eigenvalue weighted by Gasteiger charge is -2.05. The Hall–Kier alpha value is -0.700. The highest BCUT2D eigenvalue weighted by atomic mass is 32.3. The molecule has 2 atom stereocenters. The molecule has 0 saturated carbocycles. The zero-order valence-electron chi connectivity index (χ0n) is 8.52. The second-order valence-corrected chi connectivity index (χ2v) is 7.41. The zero-order chi connectivity index (χ0) is 12.6. The molecular weight excluding hydrogens is 265 g/mol. The van der Waals surface area contributed by atoms with Gasteiger partial charge in [-0.3, -0.25) is 0 Å². The van der Waals surface area contributed by atoms with Crippen molar-refractivity contribution in [3.8, 4) is 0 Å². The molecule has 4 nitrogen and oxygen atoms in total. The normalized spacial score (nSPS) is 16.2. The number of aromatic nitrogens is 2. The second-order valence-electron chi connectivity index (χ2n) is 3.13. The maximum Gasteiger partial charge on any atom is 0.604 e. The molecule has 1 heterocycles. The van der Waals surface area contributed by atoms with Crippen molar-refractivity contribution in [2.24, 2.45) is 0 Å². The summed E-state index contributed by atoms with van der Waals surface area (Å²) in [6.45, 7) is 2.94. The maximum atomic E-state index is 12.5. The molecule has 0 spiro atoms. The van der Waals surface area contributed by atoms with Crippen molar-refractivity contribution >= 4 is 20.3 Å². The molecule has 9 heteroatoms. The van der Waals surface area contributed by atoms with E-state index in [1.54, 1.807) is 6.92 Å². The van der Waals surface area contributed by atoms with Crippen molar-refractivity contribution in [3.05, 3.63) is 5.51 Å². The molecule has 0 N–H and O–H groups in total. The molecule has 0 radical (unpaired) electrons. The first-order valence-corrected chi connectivity index (χ1v) is 7.19. The summed E-state index contributed by atoms with van der Waals surface area (Å²) < 4.78 is 60.0. The van der Waals surface area contributed by atoms with Crippen LogP contribution in [0.15, 0.2) is 9.85 Å². The molecule has 0 saturated heterocycles. The highest BCUT2D eigenvalue weighted by molar-refractivity contribution is 7.94. The Bertz CT molecular complexity index is 466. The molecule has 0 aliphatic heterocycles. The lowest BCUT2D eigenvalue weighted by Crippen LogP contribution is -2.18. The highest BCUT2D eigenvalue weighted by Gasteiger charge is 2.51. The van der Waals surface area contributed by atoms with Gasteiger partial charge in [0.2, 0.25) is 9.84 Å². The van der Waals surface area contributed by atoms with Crippen molar-refractivity contribution < 1.29 is 21.6 Å². The summed E-state index contributed by atoms with van der Waals surface area (Å²) in [5.41, 5.74) is -4.10. The number of hydrogen-bond donors (Lipinski definition) is 0. The minimum atomic E-state index is -4.64. The maximum absolute atomic E-state index is 12.5. The summed E-state index contributed by atoms with van der Waals surface area (Å²) in [4.78, 5) is 0. The summed E-state index contributed by atoms with van der Waals surface area (Å²) >= 11 is 0. The van der Waals surface area contributed by atoms with Crippen molar-refractivity contribution in [3.63, 3.8) is 0 Å². The van der Waals surface area contributed by atoms with Crippen LogP contribution in [0.3, 0.4) is 0 Å². The van der Waals surface area contributed by atoms with E-state index in [9.17, 15) is 21.6 Å². The highest BCUT2D eigenvalue weighted by Crippen LogP contribution is 2.45. The van der Waals surface area contributed by atoms with Gasteiger partial charge in [-0.1, -0.05) is 17.1 Å². The van der Waals surface area contributed by atoms with E-state index in [0.717, 1.165) is 0 Å². The van der Waals surface area contributed by atoms with Gasteiger partial charge in [-0.15, -0.1) is 13.2 Å². The molecule has 0 bridgehead atoms. The topological polar surface area (TPSA) is 59.9 Å². The van der Waals surface area contributed by atoms with Crippen molar-refractivity contribution in [2.75, 3.05) is 0 Å². The summed E-state index contributed by atoms with van der Waals surface area (Å²) in [6.07, 6.45) is 0.233. The number of alkyl halides is 3. The van der Waals surface area contributed by atoms with Gasteiger partial charge in [0.1, 0.15) is 10.5 Å². The third-order valence-corrected chi connectivity index (χ3v) is 6.54. The largest absolute Gasteiger partial charge is 0.604 e. The van der Waals surface area contributed by atoms with Crippen LogP contribution in [-0.2, 0) is 15.3 Å². The Morgan fingerprint density at radius 1 is 1.50 bits per heavy atom. The van der Waals surface area contributed by atoms with Gasteiger partial charge in [-0.25, -0.2) is 8.42 Å². The fraction of sp³-hybridized carbons (Fsp3) is 0.714. The van der Waals surface area contributed by atoms with Crippen LogP contribution in [0.25, 0.3) is 0 Å². The van der Waals surface area contributed by atoms with Gasteiger partial charge in [0.25, 0.3) is 5.51 Å². The first-order valence-electron chi connectivity index (χ1n) is 4.36. The van der Waals surface area contributed by atoms with E-state index in [4.69, 9.17) is 0 Å². The number of sulfone groups is 1. The molecule has 1 rings (SSSR count). The van der Waals surface area contributed by atoms with Gasteiger partial charge >= 0.3 is 9.85 Å². The summed E-state index contributed by atoms with van der Waals surface area (Å²) in [5.74, 6) is 0. The fourth-order valence-electron chi connectivity index (χ4n) is 0.939. The molecule has 2 unspecified atom stereocenters. The second kappa shape index (κ2) is 4.28. The summed E-state index contributed by atoms with van der Waals surface area (Å²) in [6, 6.07) is 0. The predicted octanol–water partition coefficient (Wildman–Crippen LogP) is 2.27. The molecule has 0 amide bonds.